The fourth-order valence-corrected chi connectivity index (χ4v) is 2.91. The third-order valence-corrected chi connectivity index (χ3v) is 4.73. The minimum Gasteiger partial charge on any atom is -0.494 e. The number of nitrogens with one attached hydrogen (secondary N) is 1. The molecule has 0 fully saturated rings. The maximum atomic E-state index is 12.8. The van der Waals surface area contributed by atoms with E-state index in [4.69, 9.17) is 11.2 Å². The first-order valence-electron chi connectivity index (χ1n) is 10.1. The standard InChI is InChI=1S/C25H30N2O3/c1-6-19-9-7-10-21(17-19)27(18-23(28)26-5)24(29)11-8-16-30-22-14-12-20(13-15-22)25(2,3)4/h1,7,9-10,12-15,17H,8,11,16,18H2,2-5H3,(H,26,28). The summed E-state index contributed by atoms with van der Waals surface area (Å²) in [5.74, 6) is 2.93. The number of likely N-dealkylation sites (N-methyl/N-ethyl adjacent to an activating group) is 1. The summed E-state index contributed by atoms with van der Waals surface area (Å²) in [4.78, 5) is 26.2. The number of benzene rings is 2. The lowest BCUT2D eigenvalue weighted by molar-refractivity contribution is -0.123. The van der Waals surface area contributed by atoms with Gasteiger partial charge in [-0.05, 0) is 47.7 Å². The first kappa shape index (κ1) is 23.0. The van der Waals surface area contributed by atoms with Crippen molar-refractivity contribution in [2.75, 3.05) is 25.1 Å². The number of ether oxygens (including phenoxy) is 1. The molecular formula is C25H30N2O3. The van der Waals surface area contributed by atoms with Gasteiger partial charge in [0, 0.05) is 24.7 Å². The second-order valence-corrected chi connectivity index (χ2v) is 8.07. The van der Waals surface area contributed by atoms with E-state index in [0.29, 0.717) is 24.3 Å². The van der Waals surface area contributed by atoms with Crippen LogP contribution in [0.3, 0.4) is 0 Å². The van der Waals surface area contributed by atoms with Gasteiger partial charge >= 0.3 is 0 Å². The van der Waals surface area contributed by atoms with Crippen LogP contribution in [-0.4, -0.2) is 32.0 Å². The Labute approximate surface area is 179 Å². The van der Waals surface area contributed by atoms with Crippen molar-refractivity contribution in [3.8, 4) is 18.1 Å². The van der Waals surface area contributed by atoms with Gasteiger partial charge in [-0.1, -0.05) is 44.9 Å². The van der Waals surface area contributed by atoms with Crippen molar-refractivity contribution in [1.82, 2.24) is 5.32 Å². The molecule has 0 saturated heterocycles. The number of hydrogen-bond acceptors (Lipinski definition) is 3. The number of amides is 2. The van der Waals surface area contributed by atoms with Crippen molar-refractivity contribution in [2.45, 2.75) is 39.0 Å². The minimum atomic E-state index is -0.246. The molecule has 0 unspecified atom stereocenters. The van der Waals surface area contributed by atoms with Gasteiger partial charge in [-0.15, -0.1) is 6.42 Å². The smallest absolute Gasteiger partial charge is 0.239 e. The van der Waals surface area contributed by atoms with E-state index in [1.54, 1.807) is 31.3 Å². The molecule has 5 nitrogen and oxygen atoms in total. The van der Waals surface area contributed by atoms with Crippen molar-refractivity contribution in [1.29, 1.82) is 0 Å². The molecule has 0 aromatic heterocycles. The molecule has 1 N–H and O–H groups in total. The van der Waals surface area contributed by atoms with Crippen LogP contribution in [0.15, 0.2) is 48.5 Å². The molecule has 2 aromatic rings. The summed E-state index contributed by atoms with van der Waals surface area (Å²) in [6.07, 6.45) is 6.26. The number of carbonyl (C=O) groups is 2. The minimum absolute atomic E-state index is 0.0571. The molecular weight excluding hydrogens is 376 g/mol. The lowest BCUT2D eigenvalue weighted by Crippen LogP contribution is -2.39. The molecule has 5 heteroatoms. The van der Waals surface area contributed by atoms with E-state index in [-0.39, 0.29) is 30.2 Å². The zero-order chi connectivity index (χ0) is 22.1. The molecule has 0 heterocycles. The normalized spacial score (nSPS) is 10.8. The van der Waals surface area contributed by atoms with Crippen LogP contribution in [0.1, 0.15) is 44.7 Å². The first-order chi connectivity index (χ1) is 14.2. The van der Waals surface area contributed by atoms with Crippen LogP contribution in [0.4, 0.5) is 5.69 Å². The fourth-order valence-electron chi connectivity index (χ4n) is 2.91. The Kier molecular flexibility index (Phi) is 8.06. The molecule has 0 aliphatic rings. The Morgan fingerprint density at radius 1 is 1.13 bits per heavy atom. The Bertz CT molecular complexity index is 905. The van der Waals surface area contributed by atoms with Gasteiger partial charge in [-0.2, -0.15) is 0 Å². The third kappa shape index (κ3) is 6.66. The van der Waals surface area contributed by atoms with Crippen molar-refractivity contribution in [3.63, 3.8) is 0 Å². The van der Waals surface area contributed by atoms with Crippen LogP contribution in [0, 0.1) is 12.3 Å². The van der Waals surface area contributed by atoms with Gasteiger partial charge in [0.1, 0.15) is 12.3 Å². The van der Waals surface area contributed by atoms with Crippen LogP contribution in [0.2, 0.25) is 0 Å². The fraction of sp³-hybridized carbons (Fsp3) is 0.360. The second kappa shape index (κ2) is 10.5. The lowest BCUT2D eigenvalue weighted by atomic mass is 9.87. The SMILES string of the molecule is C#Cc1cccc(N(CC(=O)NC)C(=O)CCCOc2ccc(C(C)(C)C)cc2)c1. The van der Waals surface area contributed by atoms with Gasteiger partial charge < -0.3 is 15.0 Å². The van der Waals surface area contributed by atoms with E-state index in [2.05, 4.69) is 44.1 Å². The average molecular weight is 407 g/mol. The zero-order valence-corrected chi connectivity index (χ0v) is 18.2. The Morgan fingerprint density at radius 2 is 1.83 bits per heavy atom. The predicted molar refractivity (Wildman–Crippen MR) is 121 cm³/mol. The lowest BCUT2D eigenvalue weighted by Gasteiger charge is -2.22. The van der Waals surface area contributed by atoms with E-state index in [1.807, 2.05) is 12.1 Å². The van der Waals surface area contributed by atoms with Gasteiger partial charge in [0.2, 0.25) is 11.8 Å². The van der Waals surface area contributed by atoms with E-state index in [9.17, 15) is 9.59 Å². The van der Waals surface area contributed by atoms with E-state index >= 15 is 0 Å². The third-order valence-electron chi connectivity index (χ3n) is 4.73. The topological polar surface area (TPSA) is 58.6 Å². The van der Waals surface area contributed by atoms with Gasteiger partial charge in [0.25, 0.3) is 0 Å². The van der Waals surface area contributed by atoms with Crippen molar-refractivity contribution in [2.24, 2.45) is 0 Å². The first-order valence-corrected chi connectivity index (χ1v) is 10.1. The molecule has 0 aliphatic heterocycles. The molecule has 2 amide bonds. The summed E-state index contributed by atoms with van der Waals surface area (Å²) in [5.41, 5.74) is 2.60. The number of carbonyl (C=O) groups excluding carboxylic acids is 2. The monoisotopic (exact) mass is 406 g/mol. The van der Waals surface area contributed by atoms with Gasteiger partial charge in [0.15, 0.2) is 0 Å². The molecule has 2 rings (SSSR count). The van der Waals surface area contributed by atoms with Gasteiger partial charge in [0.05, 0.1) is 6.61 Å². The van der Waals surface area contributed by atoms with Crippen LogP contribution in [-0.2, 0) is 15.0 Å². The molecule has 0 spiro atoms. The average Bonchev–Trinajstić information content (AvgIpc) is 2.74. The van der Waals surface area contributed by atoms with Crippen LogP contribution >= 0.6 is 0 Å². The number of hydrogen-bond donors (Lipinski definition) is 1. The molecule has 30 heavy (non-hydrogen) atoms. The number of anilines is 1. The Morgan fingerprint density at radius 3 is 2.43 bits per heavy atom. The van der Waals surface area contributed by atoms with Gasteiger partial charge in [-0.3, -0.25) is 9.59 Å². The summed E-state index contributed by atoms with van der Waals surface area (Å²) in [7, 11) is 1.54. The molecule has 0 bridgehead atoms. The second-order valence-electron chi connectivity index (χ2n) is 8.07. The highest BCUT2D eigenvalue weighted by atomic mass is 16.5. The molecule has 2 aromatic carbocycles. The van der Waals surface area contributed by atoms with Crippen LogP contribution in [0.5, 0.6) is 5.75 Å². The van der Waals surface area contributed by atoms with E-state index in [0.717, 1.165) is 5.75 Å². The zero-order valence-electron chi connectivity index (χ0n) is 18.2. The summed E-state index contributed by atoms with van der Waals surface area (Å²) < 4.78 is 5.77. The van der Waals surface area contributed by atoms with Crippen molar-refractivity contribution < 1.29 is 14.3 Å². The number of rotatable bonds is 8. The van der Waals surface area contributed by atoms with Crippen molar-refractivity contribution >= 4 is 17.5 Å². The summed E-state index contributed by atoms with van der Waals surface area (Å²) >= 11 is 0. The van der Waals surface area contributed by atoms with E-state index < -0.39 is 0 Å². The Hall–Kier alpha value is -3.26. The maximum absolute atomic E-state index is 12.8. The predicted octanol–water partition coefficient (Wildman–Crippen LogP) is 3.90. The van der Waals surface area contributed by atoms with Crippen LogP contribution in [0.25, 0.3) is 0 Å². The number of nitrogens with zero attached hydrogens (tertiary/aromatic N) is 1. The van der Waals surface area contributed by atoms with Crippen molar-refractivity contribution in [3.05, 3.63) is 59.7 Å². The Balaban J connectivity index is 1.95. The highest BCUT2D eigenvalue weighted by molar-refractivity contribution is 5.98. The summed E-state index contributed by atoms with van der Waals surface area (Å²) in [6, 6.07) is 15.1. The highest BCUT2D eigenvalue weighted by Gasteiger charge is 2.19. The molecule has 0 saturated carbocycles. The summed E-state index contributed by atoms with van der Waals surface area (Å²) in [6.45, 7) is 6.85. The summed E-state index contributed by atoms with van der Waals surface area (Å²) in [5, 5.41) is 2.55. The molecule has 158 valence electrons. The number of terminal acetylenes is 1. The molecule has 0 radical (unpaired) electrons. The highest BCUT2D eigenvalue weighted by Crippen LogP contribution is 2.24. The quantitative estimate of drug-likeness (QED) is 0.534. The van der Waals surface area contributed by atoms with Crippen LogP contribution < -0.4 is 15.0 Å². The molecule has 0 aliphatic carbocycles. The maximum Gasteiger partial charge on any atom is 0.239 e. The largest absolute Gasteiger partial charge is 0.494 e. The van der Waals surface area contributed by atoms with E-state index in [1.165, 1.54) is 10.5 Å². The molecule has 0 atom stereocenters. The van der Waals surface area contributed by atoms with Gasteiger partial charge in [-0.25, -0.2) is 0 Å².